The maximum atomic E-state index is 3.73. The lowest BCUT2D eigenvalue weighted by Gasteiger charge is -2.22. The number of halogens is 1. The number of hydrogen-bond acceptors (Lipinski definition) is 0. The fourth-order valence-electron chi connectivity index (χ4n) is 16.1. The number of para-hydroxylation sites is 4. The summed E-state index contributed by atoms with van der Waals surface area (Å²) in [5.41, 5.74) is 29.2. The lowest BCUT2D eigenvalue weighted by Crippen LogP contribution is -2.15. The minimum absolute atomic E-state index is 0. The van der Waals surface area contributed by atoms with Gasteiger partial charge in [-0.3, -0.25) is 0 Å². The van der Waals surface area contributed by atoms with E-state index in [2.05, 4.69) is 360 Å². The first-order valence-electron chi connectivity index (χ1n) is 32.9. The molecule has 14 aromatic carbocycles. The highest BCUT2D eigenvalue weighted by molar-refractivity contribution is 9.10. The first-order chi connectivity index (χ1) is 46.6. The van der Waals surface area contributed by atoms with Gasteiger partial charge in [-0.05, 0) is 152 Å². The molecule has 0 amide bonds. The molecule has 20 rings (SSSR count). The molecule has 4 nitrogen and oxygen atoms in total. The number of aromatic amines is 1. The van der Waals surface area contributed by atoms with E-state index < -0.39 is 0 Å². The van der Waals surface area contributed by atoms with Crippen LogP contribution in [0.2, 0.25) is 0 Å². The fraction of sp³-hybridized carbons (Fsp3) is 0.0769. The van der Waals surface area contributed by atoms with E-state index in [-0.39, 0.29) is 18.3 Å². The molecule has 460 valence electrons. The SMILES string of the molecule is Brc1cccc(-c2ccccc2)c1.C.CC1(C)c2ccccc2-c2ccc(-n3c4ccccc4c4c3ccc3c5ccccc5n(-c5cccc(-c6ccccc6)c5)c34)cc21.CC1(C)c2ccccc2-c2ccc(-n3c4ccccc4c4c5[nH]c6ccccc6c5ccc43)cc21. The van der Waals surface area contributed by atoms with E-state index in [1.54, 1.807) is 0 Å². The lowest BCUT2D eigenvalue weighted by atomic mass is 9.82. The molecule has 18 aromatic rings. The zero-order valence-corrected chi connectivity index (χ0v) is 54.8. The van der Waals surface area contributed by atoms with E-state index in [1.807, 2.05) is 18.2 Å². The van der Waals surface area contributed by atoms with Crippen LogP contribution in [-0.2, 0) is 10.8 Å². The summed E-state index contributed by atoms with van der Waals surface area (Å²) in [6, 6.07) is 115. The predicted molar refractivity (Wildman–Crippen MR) is 412 cm³/mol. The highest BCUT2D eigenvalue weighted by atomic mass is 79.9. The molecule has 0 radical (unpaired) electrons. The van der Waals surface area contributed by atoms with Crippen LogP contribution in [0.1, 0.15) is 57.4 Å². The van der Waals surface area contributed by atoms with Crippen molar-refractivity contribution in [3.05, 3.63) is 342 Å². The minimum Gasteiger partial charge on any atom is -0.354 e. The second kappa shape index (κ2) is 22.8. The molecule has 0 bridgehead atoms. The number of aromatic nitrogens is 4. The van der Waals surface area contributed by atoms with Crippen molar-refractivity contribution in [2.75, 3.05) is 0 Å². The van der Waals surface area contributed by atoms with Gasteiger partial charge in [0.15, 0.2) is 0 Å². The highest BCUT2D eigenvalue weighted by Crippen LogP contribution is 2.52. The number of nitrogens with one attached hydrogen (secondary N) is 1. The number of fused-ring (bicyclic) bond motifs is 20. The molecular weight excluding hydrogens is 1230 g/mol. The van der Waals surface area contributed by atoms with Crippen molar-refractivity contribution >= 4 is 103 Å². The molecule has 0 saturated carbocycles. The van der Waals surface area contributed by atoms with Crippen LogP contribution in [0.4, 0.5) is 0 Å². The summed E-state index contributed by atoms with van der Waals surface area (Å²) in [6.07, 6.45) is 0. The molecule has 2 aliphatic rings. The van der Waals surface area contributed by atoms with Gasteiger partial charge in [0.1, 0.15) is 0 Å². The maximum absolute atomic E-state index is 3.73. The van der Waals surface area contributed by atoms with Gasteiger partial charge in [-0.25, -0.2) is 0 Å². The molecule has 2 aliphatic carbocycles. The van der Waals surface area contributed by atoms with E-state index in [0.29, 0.717) is 0 Å². The first kappa shape index (κ1) is 58.6. The second-order valence-corrected chi connectivity index (χ2v) is 27.5. The van der Waals surface area contributed by atoms with Gasteiger partial charge in [0.05, 0.1) is 38.6 Å². The van der Waals surface area contributed by atoms with Crippen LogP contribution >= 0.6 is 15.9 Å². The Morgan fingerprint density at radius 1 is 0.281 bits per heavy atom. The van der Waals surface area contributed by atoms with Crippen molar-refractivity contribution in [3.63, 3.8) is 0 Å². The third-order valence-electron chi connectivity index (χ3n) is 20.6. The van der Waals surface area contributed by atoms with Gasteiger partial charge in [-0.1, -0.05) is 282 Å². The quantitative estimate of drug-likeness (QED) is 0.178. The normalized spacial score (nSPS) is 13.1. The van der Waals surface area contributed by atoms with E-state index in [0.717, 1.165) is 4.47 Å². The van der Waals surface area contributed by atoms with Crippen molar-refractivity contribution in [2.24, 2.45) is 0 Å². The third kappa shape index (κ3) is 9.09. The van der Waals surface area contributed by atoms with Crippen LogP contribution in [0, 0.1) is 0 Å². The Hall–Kier alpha value is -11.2. The summed E-state index contributed by atoms with van der Waals surface area (Å²) in [6.45, 7) is 9.42. The average Bonchev–Trinajstić information content (AvgIpc) is 1.56. The average molecular weight is 1300 g/mol. The Morgan fingerprint density at radius 2 is 0.708 bits per heavy atom. The Kier molecular flexibility index (Phi) is 13.9. The van der Waals surface area contributed by atoms with Crippen LogP contribution in [0.5, 0.6) is 0 Å². The topological polar surface area (TPSA) is 30.6 Å². The monoisotopic (exact) mass is 1300 g/mol. The zero-order chi connectivity index (χ0) is 63.7. The van der Waals surface area contributed by atoms with E-state index in [4.69, 9.17) is 0 Å². The Labute approximate surface area is 567 Å². The van der Waals surface area contributed by atoms with Gasteiger partial charge >= 0.3 is 0 Å². The van der Waals surface area contributed by atoms with Gasteiger partial charge < -0.3 is 18.7 Å². The number of rotatable bonds is 5. The Balaban J connectivity index is 0.000000124. The molecule has 0 spiro atoms. The molecule has 0 aliphatic heterocycles. The Morgan fingerprint density at radius 3 is 1.29 bits per heavy atom. The molecule has 0 atom stereocenters. The summed E-state index contributed by atoms with van der Waals surface area (Å²) < 4.78 is 8.52. The van der Waals surface area contributed by atoms with E-state index in [9.17, 15) is 0 Å². The molecule has 0 unspecified atom stereocenters. The maximum Gasteiger partial charge on any atom is 0.0641 e. The largest absolute Gasteiger partial charge is 0.354 e. The smallest absolute Gasteiger partial charge is 0.0641 e. The van der Waals surface area contributed by atoms with Crippen molar-refractivity contribution in [2.45, 2.75) is 46.0 Å². The van der Waals surface area contributed by atoms with Crippen molar-refractivity contribution in [1.29, 1.82) is 0 Å². The van der Waals surface area contributed by atoms with Gasteiger partial charge in [0, 0.05) is 81.0 Å². The van der Waals surface area contributed by atoms with Gasteiger partial charge in [0.2, 0.25) is 0 Å². The number of benzene rings is 14. The van der Waals surface area contributed by atoms with Gasteiger partial charge in [0.25, 0.3) is 0 Å². The van der Waals surface area contributed by atoms with Gasteiger partial charge in [-0.15, -0.1) is 0 Å². The molecule has 96 heavy (non-hydrogen) atoms. The van der Waals surface area contributed by atoms with E-state index in [1.165, 1.54) is 171 Å². The van der Waals surface area contributed by atoms with Crippen molar-refractivity contribution in [3.8, 4) is 61.6 Å². The van der Waals surface area contributed by atoms with Crippen LogP contribution in [0.15, 0.2) is 320 Å². The number of hydrogen-bond donors (Lipinski definition) is 1. The third-order valence-corrected chi connectivity index (χ3v) is 21.1. The molecule has 0 fully saturated rings. The summed E-state index contributed by atoms with van der Waals surface area (Å²) in [7, 11) is 0. The highest BCUT2D eigenvalue weighted by Gasteiger charge is 2.37. The molecular formula is C91H69BrN4. The van der Waals surface area contributed by atoms with Crippen LogP contribution in [0.25, 0.3) is 149 Å². The molecule has 4 aromatic heterocycles. The number of H-pyrrole nitrogens is 1. The Bertz CT molecular complexity index is 6110. The molecule has 1 N–H and O–H groups in total. The first-order valence-corrected chi connectivity index (χ1v) is 33.7. The van der Waals surface area contributed by atoms with Crippen LogP contribution in [0.3, 0.4) is 0 Å². The summed E-state index contributed by atoms with van der Waals surface area (Å²) >= 11 is 3.46. The van der Waals surface area contributed by atoms with Crippen molar-refractivity contribution < 1.29 is 0 Å². The molecule has 4 heterocycles. The molecule has 5 heteroatoms. The fourth-order valence-corrected chi connectivity index (χ4v) is 16.5. The second-order valence-electron chi connectivity index (χ2n) is 26.6. The predicted octanol–water partition coefficient (Wildman–Crippen LogP) is 25.3. The van der Waals surface area contributed by atoms with Crippen LogP contribution < -0.4 is 0 Å². The summed E-state index contributed by atoms with van der Waals surface area (Å²) in [5, 5.41) is 10.2. The molecule has 0 saturated heterocycles. The van der Waals surface area contributed by atoms with Gasteiger partial charge in [-0.2, -0.15) is 0 Å². The number of nitrogens with zero attached hydrogens (tertiary/aromatic N) is 3. The standard InChI is InChI=1S/C45H32N2.C33H24N2.C12H9Br.CH4/c1-45(2)38-20-9-6-17-33(38)34-24-23-32(28-39(34)45)46-41-22-11-8-19-37(41)43-42(46)26-25-36-35-18-7-10-21-40(35)47(44(36)43)31-16-12-15-30(27-31)29-13-4-3-5-14-29;1-33(2)26-12-6-3-9-21(26)22-16-15-20(19-27(22)33)35-29-14-8-5-11-25(29)31-30(35)18-17-24-23-10-4-7-13-28(23)34-32(24)31;13-12-8-4-7-11(9-12)10-5-2-1-3-6-10;/h3-28H,1-2H3;3-19,34H,1-2H3;1-9H;1H4. The lowest BCUT2D eigenvalue weighted by molar-refractivity contribution is 0.660. The minimum atomic E-state index is -0.0653. The summed E-state index contributed by atoms with van der Waals surface area (Å²) in [5.74, 6) is 0. The van der Waals surface area contributed by atoms with E-state index >= 15 is 0 Å². The van der Waals surface area contributed by atoms with Crippen molar-refractivity contribution in [1.82, 2.24) is 18.7 Å². The van der Waals surface area contributed by atoms with Crippen LogP contribution in [-0.4, -0.2) is 18.7 Å². The zero-order valence-electron chi connectivity index (χ0n) is 53.2. The summed E-state index contributed by atoms with van der Waals surface area (Å²) in [4.78, 5) is 3.73.